The molecule has 134 valence electrons. The fourth-order valence-corrected chi connectivity index (χ4v) is 3.38. The van der Waals surface area contributed by atoms with E-state index >= 15 is 0 Å². The van der Waals surface area contributed by atoms with Crippen molar-refractivity contribution in [3.63, 3.8) is 0 Å². The van der Waals surface area contributed by atoms with E-state index in [4.69, 9.17) is 16.3 Å². The van der Waals surface area contributed by atoms with Gasteiger partial charge in [0.2, 0.25) is 0 Å². The molecule has 0 heterocycles. The predicted octanol–water partition coefficient (Wildman–Crippen LogP) is 5.61. The molecule has 0 aliphatic carbocycles. The van der Waals surface area contributed by atoms with Crippen LogP contribution in [0.2, 0.25) is 5.02 Å². The van der Waals surface area contributed by atoms with Crippen LogP contribution in [0.3, 0.4) is 0 Å². The maximum absolute atomic E-state index is 11.4. The number of ether oxygens (including phenoxy) is 1. The SMILES string of the molecule is Cc1cc(Br)c(NCCCOc2cc(C)c(Cl)c(C)c2)c(C(=O)O)c1. The molecule has 0 amide bonds. The summed E-state index contributed by atoms with van der Waals surface area (Å²) in [5.41, 5.74) is 3.73. The molecule has 0 bridgehead atoms. The second kappa shape index (κ2) is 8.59. The first-order valence-electron chi connectivity index (χ1n) is 7.96. The number of benzene rings is 2. The monoisotopic (exact) mass is 425 g/mol. The van der Waals surface area contributed by atoms with E-state index in [1.165, 1.54) is 0 Å². The lowest BCUT2D eigenvalue weighted by molar-refractivity contribution is 0.0697. The maximum atomic E-state index is 11.4. The van der Waals surface area contributed by atoms with E-state index < -0.39 is 5.97 Å². The molecule has 0 atom stereocenters. The minimum absolute atomic E-state index is 0.261. The molecule has 2 rings (SSSR count). The molecular weight excluding hydrogens is 406 g/mol. The number of hydrogen-bond acceptors (Lipinski definition) is 3. The summed E-state index contributed by atoms with van der Waals surface area (Å²) in [6.07, 6.45) is 0.736. The molecule has 2 N–H and O–H groups in total. The number of carbonyl (C=O) groups is 1. The van der Waals surface area contributed by atoms with Gasteiger partial charge < -0.3 is 15.2 Å². The number of carboxylic acids is 1. The molecule has 0 spiro atoms. The van der Waals surface area contributed by atoms with Crippen LogP contribution in [0.15, 0.2) is 28.7 Å². The van der Waals surface area contributed by atoms with E-state index in [1.807, 2.05) is 39.0 Å². The van der Waals surface area contributed by atoms with E-state index in [-0.39, 0.29) is 5.56 Å². The van der Waals surface area contributed by atoms with Crippen LogP contribution in [-0.4, -0.2) is 24.2 Å². The minimum atomic E-state index is -0.949. The van der Waals surface area contributed by atoms with Crippen molar-refractivity contribution in [3.05, 3.63) is 56.0 Å². The summed E-state index contributed by atoms with van der Waals surface area (Å²) in [5, 5.41) is 13.3. The summed E-state index contributed by atoms with van der Waals surface area (Å²) in [4.78, 5) is 11.4. The van der Waals surface area contributed by atoms with Gasteiger partial charge in [-0.2, -0.15) is 0 Å². The zero-order chi connectivity index (χ0) is 18.6. The van der Waals surface area contributed by atoms with Crippen LogP contribution in [-0.2, 0) is 0 Å². The van der Waals surface area contributed by atoms with E-state index in [0.29, 0.717) is 18.8 Å². The Morgan fingerprint density at radius 1 is 1.20 bits per heavy atom. The Labute approximate surface area is 161 Å². The third kappa shape index (κ3) is 5.13. The minimum Gasteiger partial charge on any atom is -0.494 e. The molecule has 0 radical (unpaired) electrons. The molecule has 0 aromatic heterocycles. The number of anilines is 1. The number of hydrogen-bond donors (Lipinski definition) is 2. The largest absolute Gasteiger partial charge is 0.494 e. The second-order valence-corrected chi connectivity index (χ2v) is 7.21. The van der Waals surface area contributed by atoms with Crippen LogP contribution in [0, 0.1) is 20.8 Å². The van der Waals surface area contributed by atoms with Crippen molar-refractivity contribution >= 4 is 39.2 Å². The third-order valence-electron chi connectivity index (χ3n) is 3.77. The number of nitrogens with one attached hydrogen (secondary N) is 1. The first kappa shape index (κ1) is 19.6. The van der Waals surface area contributed by atoms with Crippen molar-refractivity contribution in [1.82, 2.24) is 0 Å². The lowest BCUT2D eigenvalue weighted by Gasteiger charge is -2.14. The Hall–Kier alpha value is -1.72. The number of aryl methyl sites for hydroxylation is 3. The highest BCUT2D eigenvalue weighted by molar-refractivity contribution is 9.10. The lowest BCUT2D eigenvalue weighted by atomic mass is 10.1. The molecule has 4 nitrogen and oxygen atoms in total. The van der Waals surface area contributed by atoms with Crippen LogP contribution in [0.1, 0.15) is 33.5 Å². The Morgan fingerprint density at radius 2 is 1.84 bits per heavy atom. The van der Waals surface area contributed by atoms with Gasteiger partial charge in [0.25, 0.3) is 0 Å². The second-order valence-electron chi connectivity index (χ2n) is 5.97. The molecule has 0 aliphatic rings. The van der Waals surface area contributed by atoms with Gasteiger partial charge in [0, 0.05) is 16.0 Å². The first-order chi connectivity index (χ1) is 11.8. The van der Waals surface area contributed by atoms with Crippen molar-refractivity contribution < 1.29 is 14.6 Å². The lowest BCUT2D eigenvalue weighted by Crippen LogP contribution is -2.11. The number of halogens is 2. The summed E-state index contributed by atoms with van der Waals surface area (Å²) in [6.45, 7) is 6.90. The molecule has 2 aromatic carbocycles. The molecule has 2 aromatic rings. The first-order valence-corrected chi connectivity index (χ1v) is 9.13. The van der Waals surface area contributed by atoms with Gasteiger partial charge in [-0.05, 0) is 84.1 Å². The van der Waals surface area contributed by atoms with Crippen LogP contribution < -0.4 is 10.1 Å². The average molecular weight is 427 g/mol. The Balaban J connectivity index is 1.91. The molecular formula is C19H21BrClNO3. The van der Waals surface area contributed by atoms with Gasteiger partial charge in [-0.25, -0.2) is 4.79 Å². The molecule has 25 heavy (non-hydrogen) atoms. The van der Waals surface area contributed by atoms with Crippen LogP contribution in [0.5, 0.6) is 5.75 Å². The predicted molar refractivity (Wildman–Crippen MR) is 105 cm³/mol. The van der Waals surface area contributed by atoms with E-state index in [9.17, 15) is 9.90 Å². The van der Waals surface area contributed by atoms with Gasteiger partial charge in [-0.15, -0.1) is 0 Å². The topological polar surface area (TPSA) is 58.6 Å². The van der Waals surface area contributed by atoms with Gasteiger partial charge in [0.1, 0.15) is 5.75 Å². The van der Waals surface area contributed by atoms with Crippen molar-refractivity contribution in [2.45, 2.75) is 27.2 Å². The van der Waals surface area contributed by atoms with E-state index in [0.717, 1.165) is 38.4 Å². The summed E-state index contributed by atoms with van der Waals surface area (Å²) in [7, 11) is 0. The van der Waals surface area contributed by atoms with Crippen molar-refractivity contribution in [2.24, 2.45) is 0 Å². The number of rotatable bonds is 7. The molecule has 0 unspecified atom stereocenters. The third-order valence-corrected chi connectivity index (χ3v) is 4.99. The zero-order valence-electron chi connectivity index (χ0n) is 14.5. The average Bonchev–Trinajstić information content (AvgIpc) is 2.53. The molecule has 0 fully saturated rings. The maximum Gasteiger partial charge on any atom is 0.337 e. The fraction of sp³-hybridized carbons (Fsp3) is 0.316. The molecule has 0 aliphatic heterocycles. The standard InChI is InChI=1S/C19H21BrClNO3/c1-11-7-15(19(23)24)18(16(20)8-11)22-5-4-6-25-14-9-12(2)17(21)13(3)10-14/h7-10,22H,4-6H2,1-3H3,(H,23,24). The van der Waals surface area contributed by atoms with Crippen molar-refractivity contribution in [1.29, 1.82) is 0 Å². The van der Waals surface area contributed by atoms with Crippen molar-refractivity contribution in [3.8, 4) is 5.75 Å². The molecule has 0 saturated heterocycles. The number of aromatic carboxylic acids is 1. The zero-order valence-corrected chi connectivity index (χ0v) is 16.8. The quantitative estimate of drug-likeness (QED) is 0.565. The van der Waals surface area contributed by atoms with Gasteiger partial charge in [-0.3, -0.25) is 0 Å². The number of carboxylic acid groups (broad SMARTS) is 1. The van der Waals surface area contributed by atoms with Gasteiger partial charge >= 0.3 is 5.97 Å². The summed E-state index contributed by atoms with van der Waals surface area (Å²) >= 11 is 9.57. The van der Waals surface area contributed by atoms with Crippen LogP contribution in [0.4, 0.5) is 5.69 Å². The van der Waals surface area contributed by atoms with Gasteiger partial charge in [0.05, 0.1) is 17.9 Å². The summed E-state index contributed by atoms with van der Waals surface area (Å²) < 4.78 is 6.51. The smallest absolute Gasteiger partial charge is 0.337 e. The van der Waals surface area contributed by atoms with Crippen LogP contribution >= 0.6 is 27.5 Å². The highest BCUT2D eigenvalue weighted by Gasteiger charge is 2.13. The fourth-order valence-electron chi connectivity index (χ4n) is 2.56. The normalized spacial score (nSPS) is 10.6. The van der Waals surface area contributed by atoms with Gasteiger partial charge in [-0.1, -0.05) is 11.6 Å². The Kier molecular flexibility index (Phi) is 6.73. The van der Waals surface area contributed by atoms with Crippen molar-refractivity contribution in [2.75, 3.05) is 18.5 Å². The van der Waals surface area contributed by atoms with E-state index in [1.54, 1.807) is 6.07 Å². The highest BCUT2D eigenvalue weighted by atomic mass is 79.9. The Morgan fingerprint density at radius 3 is 2.44 bits per heavy atom. The van der Waals surface area contributed by atoms with Crippen LogP contribution in [0.25, 0.3) is 0 Å². The Bertz CT molecular complexity index is 769. The molecule has 0 saturated carbocycles. The summed E-state index contributed by atoms with van der Waals surface area (Å²) in [5.74, 6) is -0.155. The molecule has 6 heteroatoms. The van der Waals surface area contributed by atoms with E-state index in [2.05, 4.69) is 21.2 Å². The van der Waals surface area contributed by atoms with Gasteiger partial charge in [0.15, 0.2) is 0 Å². The summed E-state index contributed by atoms with van der Waals surface area (Å²) in [6, 6.07) is 7.39. The highest BCUT2D eigenvalue weighted by Crippen LogP contribution is 2.29.